The average Bonchev–Trinajstić information content (AvgIpc) is 3.43. The summed E-state index contributed by atoms with van der Waals surface area (Å²) in [6.45, 7) is 0.719. The number of carboxylic acids is 1. The Kier molecular flexibility index (Phi) is 5.40. The van der Waals surface area contributed by atoms with E-state index in [-0.39, 0.29) is 25.2 Å². The van der Waals surface area contributed by atoms with Crippen LogP contribution in [0.2, 0.25) is 0 Å². The van der Waals surface area contributed by atoms with Crippen LogP contribution < -0.4 is 9.47 Å². The van der Waals surface area contributed by atoms with Gasteiger partial charge in [0.25, 0.3) is 0 Å². The minimum absolute atomic E-state index is 0.182. The van der Waals surface area contributed by atoms with Gasteiger partial charge in [-0.15, -0.1) is 0 Å². The fourth-order valence-corrected chi connectivity index (χ4v) is 4.31. The summed E-state index contributed by atoms with van der Waals surface area (Å²) in [7, 11) is 0. The van der Waals surface area contributed by atoms with E-state index < -0.39 is 12.6 Å². The first-order valence-electron chi connectivity index (χ1n) is 10.5. The second-order valence-corrected chi connectivity index (χ2v) is 7.88. The summed E-state index contributed by atoms with van der Waals surface area (Å²) >= 11 is 0. The third-order valence-electron chi connectivity index (χ3n) is 5.89. The van der Waals surface area contributed by atoms with Crippen LogP contribution in [0.15, 0.2) is 42.6 Å². The monoisotopic (exact) mass is 437 g/mol. The Hall–Kier alpha value is -3.59. The molecular formula is C23H23N3O6. The molecule has 0 aliphatic carbocycles. The number of aliphatic carboxylic acids is 1. The number of amides is 1. The van der Waals surface area contributed by atoms with E-state index >= 15 is 0 Å². The number of carbonyl (C=O) groups is 2. The number of carboxylic acid groups (broad SMARTS) is 1. The largest absolute Gasteiger partial charge is 0.480 e. The SMILES string of the molecule is O=C(O)COCC(=O)N1CCC(c2nc(-c3ccc4c(c3)OCO4)c3ccccn23)CC1. The van der Waals surface area contributed by atoms with E-state index in [1.165, 1.54) is 0 Å². The topological polar surface area (TPSA) is 103 Å². The van der Waals surface area contributed by atoms with Gasteiger partial charge in [-0.2, -0.15) is 0 Å². The van der Waals surface area contributed by atoms with Crippen LogP contribution in [0.4, 0.5) is 0 Å². The van der Waals surface area contributed by atoms with Crippen LogP contribution >= 0.6 is 0 Å². The molecule has 9 nitrogen and oxygen atoms in total. The summed E-state index contributed by atoms with van der Waals surface area (Å²) in [5.74, 6) is 1.37. The maximum Gasteiger partial charge on any atom is 0.329 e. The molecule has 0 atom stereocenters. The van der Waals surface area contributed by atoms with Gasteiger partial charge in [-0.25, -0.2) is 9.78 Å². The lowest BCUT2D eigenvalue weighted by Crippen LogP contribution is -2.40. The van der Waals surface area contributed by atoms with E-state index in [2.05, 4.69) is 10.5 Å². The number of rotatable bonds is 6. The summed E-state index contributed by atoms with van der Waals surface area (Å²) in [5.41, 5.74) is 2.87. The molecule has 1 amide bonds. The molecular weight excluding hydrogens is 414 g/mol. The van der Waals surface area contributed by atoms with Gasteiger partial charge in [0.1, 0.15) is 19.0 Å². The first-order chi connectivity index (χ1) is 15.6. The van der Waals surface area contributed by atoms with Crippen LogP contribution in [0.3, 0.4) is 0 Å². The van der Waals surface area contributed by atoms with Crippen molar-refractivity contribution in [3.8, 4) is 22.8 Å². The number of fused-ring (bicyclic) bond motifs is 2. The van der Waals surface area contributed by atoms with Gasteiger partial charge >= 0.3 is 5.97 Å². The minimum Gasteiger partial charge on any atom is -0.480 e. The molecule has 1 N–H and O–H groups in total. The molecule has 166 valence electrons. The zero-order valence-electron chi connectivity index (χ0n) is 17.4. The van der Waals surface area contributed by atoms with Crippen molar-refractivity contribution in [1.82, 2.24) is 14.3 Å². The van der Waals surface area contributed by atoms with Gasteiger partial charge in [0, 0.05) is 30.8 Å². The van der Waals surface area contributed by atoms with E-state index in [4.69, 9.17) is 24.3 Å². The van der Waals surface area contributed by atoms with Gasteiger partial charge in [-0.3, -0.25) is 4.79 Å². The Morgan fingerprint density at radius 3 is 2.72 bits per heavy atom. The van der Waals surface area contributed by atoms with Crippen molar-refractivity contribution in [3.63, 3.8) is 0 Å². The first kappa shape index (κ1) is 20.3. The van der Waals surface area contributed by atoms with Crippen LogP contribution in [0.5, 0.6) is 11.5 Å². The predicted octanol–water partition coefficient (Wildman–Crippen LogP) is 2.54. The summed E-state index contributed by atoms with van der Waals surface area (Å²) in [6.07, 6.45) is 3.57. The molecule has 0 radical (unpaired) electrons. The molecule has 3 aromatic rings. The van der Waals surface area contributed by atoms with Crippen LogP contribution in [0.25, 0.3) is 16.8 Å². The number of imidazole rings is 1. The van der Waals surface area contributed by atoms with E-state index in [0.29, 0.717) is 13.1 Å². The molecule has 2 aliphatic heterocycles. The first-order valence-corrected chi connectivity index (χ1v) is 10.5. The molecule has 0 unspecified atom stereocenters. The molecule has 32 heavy (non-hydrogen) atoms. The van der Waals surface area contributed by atoms with Crippen molar-refractivity contribution in [1.29, 1.82) is 0 Å². The normalized spacial score (nSPS) is 15.9. The van der Waals surface area contributed by atoms with Crippen molar-refractivity contribution in [2.45, 2.75) is 18.8 Å². The van der Waals surface area contributed by atoms with Gasteiger partial charge in [-0.05, 0) is 43.2 Å². The minimum atomic E-state index is -1.08. The Labute approximate surface area is 184 Å². The lowest BCUT2D eigenvalue weighted by atomic mass is 9.96. The summed E-state index contributed by atoms with van der Waals surface area (Å²) in [5, 5.41) is 8.64. The maximum atomic E-state index is 12.3. The third-order valence-corrected chi connectivity index (χ3v) is 5.89. The molecule has 1 aromatic carbocycles. The quantitative estimate of drug-likeness (QED) is 0.632. The van der Waals surface area contributed by atoms with E-state index in [1.54, 1.807) is 4.90 Å². The second-order valence-electron chi connectivity index (χ2n) is 7.88. The number of hydrogen-bond acceptors (Lipinski definition) is 6. The third kappa shape index (κ3) is 3.87. The molecule has 0 bridgehead atoms. The Morgan fingerprint density at radius 1 is 1.09 bits per heavy atom. The van der Waals surface area contributed by atoms with Gasteiger partial charge in [0.2, 0.25) is 12.7 Å². The van der Waals surface area contributed by atoms with Crippen LogP contribution in [-0.4, -0.2) is 64.4 Å². The van der Waals surface area contributed by atoms with Crippen LogP contribution in [0.1, 0.15) is 24.6 Å². The van der Waals surface area contributed by atoms with E-state index in [0.717, 1.165) is 46.9 Å². The molecule has 0 saturated carbocycles. The average molecular weight is 437 g/mol. The number of hydrogen-bond donors (Lipinski definition) is 1. The molecule has 2 aromatic heterocycles. The molecule has 5 rings (SSSR count). The maximum absolute atomic E-state index is 12.3. The number of carbonyl (C=O) groups excluding carboxylic acids is 1. The van der Waals surface area contributed by atoms with Crippen LogP contribution in [0, 0.1) is 0 Å². The number of ether oxygens (including phenoxy) is 3. The Morgan fingerprint density at radius 2 is 1.91 bits per heavy atom. The molecule has 2 aliphatic rings. The van der Waals surface area contributed by atoms with E-state index in [9.17, 15) is 9.59 Å². The van der Waals surface area contributed by atoms with Gasteiger partial charge < -0.3 is 28.6 Å². The van der Waals surface area contributed by atoms with Gasteiger partial charge in [-0.1, -0.05) is 6.07 Å². The van der Waals surface area contributed by atoms with Crippen molar-refractivity contribution in [3.05, 3.63) is 48.4 Å². The van der Waals surface area contributed by atoms with Crippen molar-refractivity contribution in [2.75, 3.05) is 33.1 Å². The molecule has 9 heteroatoms. The Bertz CT molecular complexity index is 1170. The summed E-state index contributed by atoms with van der Waals surface area (Å²) in [6, 6.07) is 11.9. The Balaban J connectivity index is 1.35. The zero-order chi connectivity index (χ0) is 22.1. The number of aromatic nitrogens is 2. The highest BCUT2D eigenvalue weighted by atomic mass is 16.7. The standard InChI is InChI=1S/C23H23N3O6/c27-20(12-30-13-21(28)29)25-9-6-15(7-10-25)23-24-22(17-3-1-2-8-26(17)23)16-4-5-18-19(11-16)32-14-31-18/h1-5,8,11,15H,6-7,9-10,12-14H2,(H,28,29). The number of likely N-dealkylation sites (tertiary alicyclic amines) is 1. The fraction of sp³-hybridized carbons (Fsp3) is 0.348. The lowest BCUT2D eigenvalue weighted by Gasteiger charge is -2.31. The summed E-state index contributed by atoms with van der Waals surface area (Å²) in [4.78, 5) is 29.6. The molecule has 1 fully saturated rings. The van der Waals surface area contributed by atoms with Crippen LogP contribution in [-0.2, 0) is 14.3 Å². The molecule has 0 spiro atoms. The lowest BCUT2D eigenvalue weighted by molar-refractivity contribution is -0.146. The predicted molar refractivity (Wildman–Crippen MR) is 114 cm³/mol. The van der Waals surface area contributed by atoms with E-state index in [1.807, 2.05) is 36.5 Å². The number of pyridine rings is 1. The number of benzene rings is 1. The zero-order valence-corrected chi connectivity index (χ0v) is 17.4. The van der Waals surface area contributed by atoms with Gasteiger partial charge in [0.05, 0.1) is 11.2 Å². The fourth-order valence-electron chi connectivity index (χ4n) is 4.31. The number of piperidine rings is 1. The molecule has 4 heterocycles. The van der Waals surface area contributed by atoms with Crippen molar-refractivity contribution < 1.29 is 28.9 Å². The highest BCUT2D eigenvalue weighted by molar-refractivity contribution is 5.80. The van der Waals surface area contributed by atoms with Gasteiger partial charge in [0.15, 0.2) is 11.5 Å². The van der Waals surface area contributed by atoms with Crippen molar-refractivity contribution >= 4 is 17.4 Å². The summed E-state index contributed by atoms with van der Waals surface area (Å²) < 4.78 is 18.0. The highest BCUT2D eigenvalue weighted by Gasteiger charge is 2.28. The smallest absolute Gasteiger partial charge is 0.329 e. The van der Waals surface area contributed by atoms with Crippen molar-refractivity contribution in [2.24, 2.45) is 0 Å². The second kappa shape index (κ2) is 8.51. The number of nitrogens with zero attached hydrogens (tertiary/aromatic N) is 3. The highest BCUT2D eigenvalue weighted by Crippen LogP contribution is 2.38. The molecule has 1 saturated heterocycles.